The maximum absolute atomic E-state index is 5.83. The van der Waals surface area contributed by atoms with Gasteiger partial charge in [-0.2, -0.15) is 0 Å². The highest BCUT2D eigenvalue weighted by Gasteiger charge is 2.09. The molecule has 0 bridgehead atoms. The van der Waals surface area contributed by atoms with Crippen LogP contribution >= 0.6 is 0 Å². The highest BCUT2D eigenvalue weighted by Crippen LogP contribution is 2.24. The molecule has 0 radical (unpaired) electrons. The predicted octanol–water partition coefficient (Wildman–Crippen LogP) is 2.45. The standard InChI is InChI=1S/C13H18N4/c1-3-7-17(4-2)13-11-8-10(14)5-6-12(11)15-9-16-13/h5-6,8-9H,3-4,7,14H2,1-2H3. The van der Waals surface area contributed by atoms with Crippen molar-refractivity contribution in [2.24, 2.45) is 0 Å². The van der Waals surface area contributed by atoms with Gasteiger partial charge in [0.2, 0.25) is 0 Å². The van der Waals surface area contributed by atoms with Gasteiger partial charge in [0.15, 0.2) is 0 Å². The van der Waals surface area contributed by atoms with Crippen molar-refractivity contribution < 1.29 is 0 Å². The summed E-state index contributed by atoms with van der Waals surface area (Å²) >= 11 is 0. The van der Waals surface area contributed by atoms with Gasteiger partial charge in [-0.1, -0.05) is 6.92 Å². The number of benzene rings is 1. The minimum Gasteiger partial charge on any atom is -0.399 e. The van der Waals surface area contributed by atoms with Crippen LogP contribution in [0.1, 0.15) is 20.3 Å². The van der Waals surface area contributed by atoms with E-state index >= 15 is 0 Å². The smallest absolute Gasteiger partial charge is 0.139 e. The van der Waals surface area contributed by atoms with Crippen molar-refractivity contribution in [3.05, 3.63) is 24.5 Å². The zero-order valence-corrected chi connectivity index (χ0v) is 10.3. The summed E-state index contributed by atoms with van der Waals surface area (Å²) in [5.74, 6) is 0.978. The summed E-state index contributed by atoms with van der Waals surface area (Å²) in [6, 6.07) is 5.76. The number of rotatable bonds is 4. The first-order valence-electron chi connectivity index (χ1n) is 6.01. The Morgan fingerprint density at radius 2 is 2.06 bits per heavy atom. The first-order chi connectivity index (χ1) is 8.26. The van der Waals surface area contributed by atoms with Crippen molar-refractivity contribution >= 4 is 22.4 Å². The lowest BCUT2D eigenvalue weighted by atomic mass is 10.2. The van der Waals surface area contributed by atoms with Gasteiger partial charge in [0.05, 0.1) is 5.52 Å². The van der Waals surface area contributed by atoms with Crippen LogP contribution in [-0.4, -0.2) is 23.1 Å². The van der Waals surface area contributed by atoms with Crippen LogP contribution in [0.5, 0.6) is 0 Å². The number of aromatic nitrogens is 2. The van der Waals surface area contributed by atoms with Crippen molar-refractivity contribution in [3.8, 4) is 0 Å². The molecule has 90 valence electrons. The number of anilines is 2. The van der Waals surface area contributed by atoms with Crippen LogP contribution in [0, 0.1) is 0 Å². The minimum absolute atomic E-state index is 0.751. The van der Waals surface area contributed by atoms with Crippen LogP contribution in [-0.2, 0) is 0 Å². The van der Waals surface area contributed by atoms with Gasteiger partial charge in [-0.15, -0.1) is 0 Å². The summed E-state index contributed by atoms with van der Waals surface area (Å²) in [6.07, 6.45) is 2.72. The molecule has 0 saturated carbocycles. The van der Waals surface area contributed by atoms with Crippen molar-refractivity contribution in [2.75, 3.05) is 23.7 Å². The molecule has 4 heteroatoms. The Kier molecular flexibility index (Phi) is 3.42. The van der Waals surface area contributed by atoms with E-state index in [1.807, 2.05) is 18.2 Å². The summed E-state index contributed by atoms with van der Waals surface area (Å²) in [5, 5.41) is 1.03. The first-order valence-corrected chi connectivity index (χ1v) is 6.01. The van der Waals surface area contributed by atoms with Gasteiger partial charge in [0.25, 0.3) is 0 Å². The molecule has 0 aliphatic heterocycles. The average Bonchev–Trinajstić information content (AvgIpc) is 2.35. The second-order valence-corrected chi connectivity index (χ2v) is 4.05. The maximum atomic E-state index is 5.83. The molecule has 2 N–H and O–H groups in total. The Labute approximate surface area is 101 Å². The molecular weight excluding hydrogens is 212 g/mol. The molecule has 17 heavy (non-hydrogen) atoms. The van der Waals surface area contributed by atoms with Crippen LogP contribution in [0.25, 0.3) is 10.9 Å². The van der Waals surface area contributed by atoms with Crippen LogP contribution < -0.4 is 10.6 Å². The highest BCUT2D eigenvalue weighted by atomic mass is 15.2. The number of nitrogens with two attached hydrogens (primary N) is 1. The van der Waals surface area contributed by atoms with E-state index in [-0.39, 0.29) is 0 Å². The van der Waals surface area contributed by atoms with E-state index in [2.05, 4.69) is 28.7 Å². The van der Waals surface area contributed by atoms with Crippen LogP contribution in [0.3, 0.4) is 0 Å². The van der Waals surface area contributed by atoms with E-state index in [9.17, 15) is 0 Å². The van der Waals surface area contributed by atoms with E-state index < -0.39 is 0 Å². The molecular formula is C13H18N4. The predicted molar refractivity (Wildman–Crippen MR) is 72.1 cm³/mol. The lowest BCUT2D eigenvalue weighted by Crippen LogP contribution is -2.24. The second-order valence-electron chi connectivity index (χ2n) is 4.05. The zero-order chi connectivity index (χ0) is 12.3. The van der Waals surface area contributed by atoms with Crippen molar-refractivity contribution in [2.45, 2.75) is 20.3 Å². The van der Waals surface area contributed by atoms with E-state index in [4.69, 9.17) is 5.73 Å². The van der Waals surface area contributed by atoms with Crippen molar-refractivity contribution in [3.63, 3.8) is 0 Å². The van der Waals surface area contributed by atoms with Crippen molar-refractivity contribution in [1.82, 2.24) is 9.97 Å². The third kappa shape index (κ3) is 2.30. The third-order valence-corrected chi connectivity index (χ3v) is 2.81. The van der Waals surface area contributed by atoms with E-state index in [1.165, 1.54) is 0 Å². The summed E-state index contributed by atoms with van der Waals surface area (Å²) in [7, 11) is 0. The number of fused-ring (bicyclic) bond motifs is 1. The molecule has 2 aromatic rings. The van der Waals surface area contributed by atoms with Crippen LogP contribution in [0.2, 0.25) is 0 Å². The molecule has 2 rings (SSSR count). The Morgan fingerprint density at radius 1 is 1.24 bits per heavy atom. The Hall–Kier alpha value is -1.84. The highest BCUT2D eigenvalue weighted by molar-refractivity contribution is 5.91. The lowest BCUT2D eigenvalue weighted by molar-refractivity contribution is 0.781. The molecule has 1 aromatic carbocycles. The maximum Gasteiger partial charge on any atom is 0.139 e. The summed E-state index contributed by atoms with van der Waals surface area (Å²) < 4.78 is 0. The summed E-state index contributed by atoms with van der Waals surface area (Å²) in [6.45, 7) is 6.24. The number of hydrogen-bond donors (Lipinski definition) is 1. The first kappa shape index (κ1) is 11.6. The molecule has 4 nitrogen and oxygen atoms in total. The van der Waals surface area contributed by atoms with Gasteiger partial charge in [0.1, 0.15) is 12.1 Å². The second kappa shape index (κ2) is 4.99. The SMILES string of the molecule is CCCN(CC)c1ncnc2ccc(N)cc12. The van der Waals surface area contributed by atoms with E-state index in [0.717, 1.165) is 41.9 Å². The molecule has 0 aliphatic carbocycles. The molecule has 0 saturated heterocycles. The molecule has 0 aliphatic rings. The van der Waals surface area contributed by atoms with E-state index in [0.29, 0.717) is 0 Å². The summed E-state index contributed by atoms with van der Waals surface area (Å²) in [5.41, 5.74) is 7.53. The molecule has 0 amide bonds. The largest absolute Gasteiger partial charge is 0.399 e. The van der Waals surface area contributed by atoms with Crippen LogP contribution in [0.4, 0.5) is 11.5 Å². The number of nitrogens with zero attached hydrogens (tertiary/aromatic N) is 3. The summed E-state index contributed by atoms with van der Waals surface area (Å²) in [4.78, 5) is 10.9. The normalized spacial score (nSPS) is 10.7. The Bertz CT molecular complexity index is 510. The molecule has 0 spiro atoms. The van der Waals surface area contributed by atoms with Gasteiger partial charge in [-0.05, 0) is 31.5 Å². The molecule has 1 aromatic heterocycles. The van der Waals surface area contributed by atoms with Crippen LogP contribution in [0.15, 0.2) is 24.5 Å². The Balaban J connectivity index is 2.55. The van der Waals surface area contributed by atoms with Gasteiger partial charge in [0, 0.05) is 24.2 Å². The van der Waals surface area contributed by atoms with Gasteiger partial charge >= 0.3 is 0 Å². The fourth-order valence-corrected chi connectivity index (χ4v) is 2.00. The topological polar surface area (TPSA) is 55.0 Å². The number of hydrogen-bond acceptors (Lipinski definition) is 4. The zero-order valence-electron chi connectivity index (χ0n) is 10.3. The van der Waals surface area contributed by atoms with Crippen molar-refractivity contribution in [1.29, 1.82) is 0 Å². The number of nitrogen functional groups attached to an aromatic ring is 1. The molecule has 0 unspecified atom stereocenters. The van der Waals surface area contributed by atoms with Gasteiger partial charge in [-0.25, -0.2) is 9.97 Å². The monoisotopic (exact) mass is 230 g/mol. The van der Waals surface area contributed by atoms with Gasteiger partial charge in [-0.3, -0.25) is 0 Å². The van der Waals surface area contributed by atoms with E-state index in [1.54, 1.807) is 6.33 Å². The molecule has 0 fully saturated rings. The van der Waals surface area contributed by atoms with Gasteiger partial charge < -0.3 is 10.6 Å². The third-order valence-electron chi connectivity index (χ3n) is 2.81. The molecule has 1 heterocycles. The lowest BCUT2D eigenvalue weighted by Gasteiger charge is -2.22. The fourth-order valence-electron chi connectivity index (χ4n) is 2.00. The minimum atomic E-state index is 0.751. The fraction of sp³-hybridized carbons (Fsp3) is 0.385. The average molecular weight is 230 g/mol. The quantitative estimate of drug-likeness (QED) is 0.820. The Morgan fingerprint density at radius 3 is 2.76 bits per heavy atom. The molecule has 0 atom stereocenters.